The van der Waals surface area contributed by atoms with Crippen LogP contribution in [-0.4, -0.2) is 43.8 Å². The molecule has 0 atom stereocenters. The van der Waals surface area contributed by atoms with Crippen molar-refractivity contribution >= 4 is 23.3 Å². The van der Waals surface area contributed by atoms with Crippen molar-refractivity contribution < 1.29 is 9.90 Å². The van der Waals surface area contributed by atoms with E-state index in [1.807, 2.05) is 12.1 Å². The first kappa shape index (κ1) is 12.2. The largest absolute Gasteiger partial charge is 0.465 e. The van der Waals surface area contributed by atoms with Gasteiger partial charge in [0.25, 0.3) is 0 Å². The van der Waals surface area contributed by atoms with Gasteiger partial charge in [0, 0.05) is 30.8 Å². The number of hydrogen-bond acceptors (Lipinski definition) is 3. The number of carboxylic acid groups (broad SMARTS) is 1. The van der Waals surface area contributed by atoms with E-state index < -0.39 is 6.09 Å². The van der Waals surface area contributed by atoms with Gasteiger partial charge in [-0.3, -0.25) is 0 Å². The molecule has 1 saturated heterocycles. The molecule has 0 saturated carbocycles. The maximum Gasteiger partial charge on any atom is 0.407 e. The van der Waals surface area contributed by atoms with Gasteiger partial charge in [-0.1, -0.05) is 11.6 Å². The lowest BCUT2D eigenvalue weighted by molar-refractivity contribution is 0.131. The molecule has 0 bridgehead atoms. The Labute approximate surface area is 114 Å². The molecule has 2 aromatic rings. The lowest BCUT2D eigenvalue weighted by Crippen LogP contribution is -2.37. The number of piperidine rings is 1. The second kappa shape index (κ2) is 4.70. The van der Waals surface area contributed by atoms with Gasteiger partial charge in [0.05, 0.1) is 6.20 Å². The van der Waals surface area contributed by atoms with Gasteiger partial charge in [0.2, 0.25) is 0 Å². The van der Waals surface area contributed by atoms with Crippen LogP contribution < -0.4 is 0 Å². The van der Waals surface area contributed by atoms with Gasteiger partial charge in [-0.25, -0.2) is 14.3 Å². The van der Waals surface area contributed by atoms with Crippen LogP contribution in [0.5, 0.6) is 0 Å². The minimum atomic E-state index is -0.851. The van der Waals surface area contributed by atoms with Crippen LogP contribution >= 0.6 is 11.6 Å². The number of fused-ring (bicyclic) bond motifs is 1. The highest BCUT2D eigenvalue weighted by molar-refractivity contribution is 6.29. The van der Waals surface area contributed by atoms with E-state index in [0.29, 0.717) is 18.2 Å². The third-order valence-corrected chi connectivity index (χ3v) is 3.79. The molecular formula is C12H13ClN4O2. The van der Waals surface area contributed by atoms with Crippen molar-refractivity contribution in [2.75, 3.05) is 13.1 Å². The standard InChI is InChI=1S/C12H13ClN4O2/c13-10-7-9(15-11-1-4-14-17(10)11)8-2-5-16(6-3-8)12(18)19/h1,4,7-8H,2-3,5-6H2,(H,18,19). The van der Waals surface area contributed by atoms with Crippen molar-refractivity contribution in [2.24, 2.45) is 0 Å². The van der Waals surface area contributed by atoms with Gasteiger partial charge in [-0.2, -0.15) is 5.10 Å². The molecule has 0 aromatic carbocycles. The smallest absolute Gasteiger partial charge is 0.407 e. The topological polar surface area (TPSA) is 70.7 Å². The molecule has 1 aliphatic rings. The van der Waals surface area contributed by atoms with Crippen LogP contribution in [0.25, 0.3) is 5.65 Å². The third-order valence-electron chi connectivity index (χ3n) is 3.52. The monoisotopic (exact) mass is 280 g/mol. The zero-order valence-electron chi connectivity index (χ0n) is 10.2. The summed E-state index contributed by atoms with van der Waals surface area (Å²) in [5.41, 5.74) is 1.64. The first-order chi connectivity index (χ1) is 9.15. The summed E-state index contributed by atoms with van der Waals surface area (Å²) in [6.45, 7) is 1.09. The summed E-state index contributed by atoms with van der Waals surface area (Å²) in [5, 5.41) is 13.5. The van der Waals surface area contributed by atoms with Crippen molar-refractivity contribution in [1.82, 2.24) is 19.5 Å². The summed E-state index contributed by atoms with van der Waals surface area (Å²) in [7, 11) is 0. The number of hydrogen-bond donors (Lipinski definition) is 1. The molecule has 7 heteroatoms. The van der Waals surface area contributed by atoms with Gasteiger partial charge in [-0.05, 0) is 18.9 Å². The lowest BCUT2D eigenvalue weighted by Gasteiger charge is -2.29. The second-order valence-electron chi connectivity index (χ2n) is 4.65. The van der Waals surface area contributed by atoms with E-state index in [-0.39, 0.29) is 5.92 Å². The van der Waals surface area contributed by atoms with E-state index >= 15 is 0 Å². The summed E-state index contributed by atoms with van der Waals surface area (Å²) in [6, 6.07) is 3.63. The van der Waals surface area contributed by atoms with Crippen molar-refractivity contribution in [2.45, 2.75) is 18.8 Å². The zero-order valence-corrected chi connectivity index (χ0v) is 10.9. The highest BCUT2D eigenvalue weighted by Crippen LogP contribution is 2.28. The van der Waals surface area contributed by atoms with E-state index in [0.717, 1.165) is 24.2 Å². The van der Waals surface area contributed by atoms with Crippen molar-refractivity contribution in [3.05, 3.63) is 29.2 Å². The molecule has 3 rings (SSSR count). The molecule has 0 aliphatic carbocycles. The van der Waals surface area contributed by atoms with Crippen molar-refractivity contribution in [3.63, 3.8) is 0 Å². The molecular weight excluding hydrogens is 268 g/mol. The number of nitrogens with zero attached hydrogens (tertiary/aromatic N) is 4. The van der Waals surface area contributed by atoms with Crippen LogP contribution in [0.2, 0.25) is 5.15 Å². The molecule has 19 heavy (non-hydrogen) atoms. The number of likely N-dealkylation sites (tertiary alicyclic amines) is 1. The van der Waals surface area contributed by atoms with Crippen LogP contribution in [0.3, 0.4) is 0 Å². The highest BCUT2D eigenvalue weighted by Gasteiger charge is 2.24. The first-order valence-electron chi connectivity index (χ1n) is 6.13. The fourth-order valence-corrected chi connectivity index (χ4v) is 2.71. The Hall–Kier alpha value is -1.82. The highest BCUT2D eigenvalue weighted by atomic mass is 35.5. The number of aromatic nitrogens is 3. The first-order valence-corrected chi connectivity index (χ1v) is 6.51. The maximum absolute atomic E-state index is 10.9. The van der Waals surface area contributed by atoms with Crippen LogP contribution in [0.4, 0.5) is 4.79 Å². The second-order valence-corrected chi connectivity index (χ2v) is 5.04. The molecule has 6 nitrogen and oxygen atoms in total. The average molecular weight is 281 g/mol. The average Bonchev–Trinajstić information content (AvgIpc) is 2.87. The lowest BCUT2D eigenvalue weighted by atomic mass is 9.93. The minimum absolute atomic E-state index is 0.257. The molecule has 0 radical (unpaired) electrons. The van der Waals surface area contributed by atoms with Gasteiger partial charge < -0.3 is 10.0 Å². The van der Waals surface area contributed by atoms with Crippen LogP contribution in [0.1, 0.15) is 24.5 Å². The van der Waals surface area contributed by atoms with Crippen LogP contribution in [-0.2, 0) is 0 Å². The number of rotatable bonds is 1. The third kappa shape index (κ3) is 2.23. The fraction of sp³-hybridized carbons (Fsp3) is 0.417. The van der Waals surface area contributed by atoms with Crippen LogP contribution in [0, 0.1) is 0 Å². The summed E-state index contributed by atoms with van der Waals surface area (Å²) in [5.74, 6) is 0.257. The predicted octanol–water partition coefficient (Wildman–Crippen LogP) is 2.24. The molecule has 2 aromatic heterocycles. The quantitative estimate of drug-likeness (QED) is 0.813. The molecule has 1 aliphatic heterocycles. The van der Waals surface area contributed by atoms with Gasteiger partial charge in [0.15, 0.2) is 5.65 Å². The van der Waals surface area contributed by atoms with E-state index in [2.05, 4.69) is 10.1 Å². The van der Waals surface area contributed by atoms with Crippen molar-refractivity contribution in [3.8, 4) is 0 Å². The summed E-state index contributed by atoms with van der Waals surface area (Å²) in [4.78, 5) is 16.8. The number of halogens is 1. The van der Waals surface area contributed by atoms with Gasteiger partial charge in [-0.15, -0.1) is 0 Å². The molecule has 1 fully saturated rings. The predicted molar refractivity (Wildman–Crippen MR) is 69.6 cm³/mol. The number of carbonyl (C=O) groups is 1. The van der Waals surface area contributed by atoms with E-state index in [1.165, 1.54) is 4.90 Å². The van der Waals surface area contributed by atoms with Crippen molar-refractivity contribution in [1.29, 1.82) is 0 Å². The Balaban J connectivity index is 1.83. The Morgan fingerprint density at radius 3 is 2.84 bits per heavy atom. The van der Waals surface area contributed by atoms with E-state index in [1.54, 1.807) is 10.7 Å². The zero-order chi connectivity index (χ0) is 13.4. The normalized spacial score (nSPS) is 17.0. The Morgan fingerprint density at radius 1 is 1.42 bits per heavy atom. The molecule has 0 unspecified atom stereocenters. The Kier molecular flexibility index (Phi) is 3.02. The SMILES string of the molecule is O=C(O)N1CCC(c2cc(Cl)n3nccc3n2)CC1. The molecule has 1 N–H and O–H groups in total. The summed E-state index contributed by atoms with van der Waals surface area (Å²) < 4.78 is 1.58. The molecule has 3 heterocycles. The Morgan fingerprint density at radius 2 is 2.16 bits per heavy atom. The fourth-order valence-electron chi connectivity index (χ4n) is 2.47. The minimum Gasteiger partial charge on any atom is -0.465 e. The maximum atomic E-state index is 10.9. The van der Waals surface area contributed by atoms with E-state index in [4.69, 9.17) is 16.7 Å². The summed E-state index contributed by atoms with van der Waals surface area (Å²) >= 11 is 6.16. The van der Waals surface area contributed by atoms with Gasteiger partial charge >= 0.3 is 6.09 Å². The molecule has 0 spiro atoms. The van der Waals surface area contributed by atoms with Gasteiger partial charge in [0.1, 0.15) is 5.15 Å². The summed E-state index contributed by atoms with van der Waals surface area (Å²) in [6.07, 6.45) is 2.36. The van der Waals surface area contributed by atoms with Crippen LogP contribution in [0.15, 0.2) is 18.3 Å². The molecule has 100 valence electrons. The molecule has 1 amide bonds. The number of amides is 1. The van der Waals surface area contributed by atoms with E-state index in [9.17, 15) is 4.79 Å². The Bertz CT molecular complexity index is 619.